The van der Waals surface area contributed by atoms with E-state index in [0.717, 1.165) is 29.6 Å². The Kier molecular flexibility index (Phi) is 4.28. The normalized spacial score (nSPS) is 11.9. The number of nitrogens with zero attached hydrogens (tertiary/aromatic N) is 2. The van der Waals surface area contributed by atoms with Crippen molar-refractivity contribution in [1.29, 1.82) is 0 Å². The molecule has 2 rings (SSSR count). The van der Waals surface area contributed by atoms with E-state index in [0.29, 0.717) is 0 Å². The number of aromatic nitrogens is 1. The minimum Gasteiger partial charge on any atom is -0.314 e. The first kappa shape index (κ1) is 15.1. The molecule has 21 heavy (non-hydrogen) atoms. The minimum atomic E-state index is -4.37. The molecule has 2 N–H and O–H groups in total. The highest BCUT2D eigenvalue weighted by Crippen LogP contribution is 2.29. The third kappa shape index (κ3) is 3.82. The van der Waals surface area contributed by atoms with E-state index in [1.165, 1.54) is 11.1 Å². The van der Waals surface area contributed by atoms with Gasteiger partial charge in [0.2, 0.25) is 0 Å². The van der Waals surface area contributed by atoms with Crippen LogP contribution < -0.4 is 10.9 Å². The van der Waals surface area contributed by atoms with Gasteiger partial charge in [0.25, 0.3) is 0 Å². The van der Waals surface area contributed by atoms with E-state index < -0.39 is 11.7 Å². The fraction of sp³-hybridized carbons (Fsp3) is 0.133. The SMILES string of the molecule is CN(N)c1ccccc1/C=C/c1cc(C(F)(F)F)ccn1. The first-order valence-electron chi connectivity index (χ1n) is 6.17. The Bertz CT molecular complexity index is 649. The molecule has 0 aliphatic carbocycles. The topological polar surface area (TPSA) is 42.1 Å². The van der Waals surface area contributed by atoms with Crippen molar-refractivity contribution in [1.82, 2.24) is 4.98 Å². The van der Waals surface area contributed by atoms with E-state index in [1.807, 2.05) is 24.3 Å². The van der Waals surface area contributed by atoms with Crippen LogP contribution in [0.4, 0.5) is 18.9 Å². The second-order valence-electron chi connectivity index (χ2n) is 4.47. The van der Waals surface area contributed by atoms with E-state index >= 15 is 0 Å². The Morgan fingerprint density at radius 1 is 1.14 bits per heavy atom. The predicted octanol–water partition coefficient (Wildman–Crippen LogP) is 3.58. The maximum atomic E-state index is 12.6. The number of alkyl halides is 3. The number of anilines is 1. The van der Waals surface area contributed by atoms with Gasteiger partial charge in [-0.15, -0.1) is 0 Å². The van der Waals surface area contributed by atoms with Crippen LogP contribution in [-0.4, -0.2) is 12.0 Å². The van der Waals surface area contributed by atoms with Gasteiger partial charge in [0, 0.05) is 13.2 Å². The van der Waals surface area contributed by atoms with Crippen LogP contribution in [0.25, 0.3) is 12.2 Å². The Labute approximate surface area is 120 Å². The molecule has 0 radical (unpaired) electrons. The molecule has 0 saturated heterocycles. The number of rotatable bonds is 3. The molecule has 0 unspecified atom stereocenters. The van der Waals surface area contributed by atoms with Gasteiger partial charge >= 0.3 is 6.18 Å². The Morgan fingerprint density at radius 3 is 2.52 bits per heavy atom. The molecule has 1 aromatic heterocycles. The average Bonchev–Trinajstić information content (AvgIpc) is 2.45. The highest BCUT2D eigenvalue weighted by atomic mass is 19.4. The van der Waals surface area contributed by atoms with Crippen molar-refractivity contribution in [3.05, 3.63) is 59.4 Å². The van der Waals surface area contributed by atoms with E-state index in [9.17, 15) is 13.2 Å². The van der Waals surface area contributed by atoms with Gasteiger partial charge in [-0.25, -0.2) is 5.84 Å². The summed E-state index contributed by atoms with van der Waals surface area (Å²) in [6.07, 6.45) is -0.0247. The van der Waals surface area contributed by atoms with Crippen molar-refractivity contribution in [2.75, 3.05) is 12.1 Å². The molecule has 0 fully saturated rings. The lowest BCUT2D eigenvalue weighted by atomic mass is 10.1. The van der Waals surface area contributed by atoms with Gasteiger partial charge < -0.3 is 5.01 Å². The van der Waals surface area contributed by atoms with E-state index in [-0.39, 0.29) is 5.69 Å². The molecule has 110 valence electrons. The second-order valence-corrected chi connectivity index (χ2v) is 4.47. The predicted molar refractivity (Wildman–Crippen MR) is 77.2 cm³/mol. The number of hydrazine groups is 1. The monoisotopic (exact) mass is 293 g/mol. The highest BCUT2D eigenvalue weighted by Gasteiger charge is 2.30. The standard InChI is InChI=1S/C15H14F3N3/c1-21(19)14-5-3-2-4-11(14)6-7-13-10-12(8-9-20-13)15(16,17)18/h2-10H,19H2,1H3/b7-6+. The lowest BCUT2D eigenvalue weighted by molar-refractivity contribution is -0.137. The van der Waals surface area contributed by atoms with Crippen molar-refractivity contribution in [3.63, 3.8) is 0 Å². The van der Waals surface area contributed by atoms with E-state index in [2.05, 4.69) is 4.98 Å². The Morgan fingerprint density at radius 2 is 1.86 bits per heavy atom. The van der Waals surface area contributed by atoms with Crippen LogP contribution in [0.15, 0.2) is 42.6 Å². The Hall–Kier alpha value is -2.34. The highest BCUT2D eigenvalue weighted by molar-refractivity contribution is 5.76. The third-order valence-electron chi connectivity index (χ3n) is 2.86. The summed E-state index contributed by atoms with van der Waals surface area (Å²) in [5.41, 5.74) is 1.07. The van der Waals surface area contributed by atoms with E-state index in [4.69, 9.17) is 5.84 Å². The van der Waals surface area contributed by atoms with E-state index in [1.54, 1.807) is 13.1 Å². The smallest absolute Gasteiger partial charge is 0.314 e. The van der Waals surface area contributed by atoms with Gasteiger partial charge in [0.15, 0.2) is 0 Å². The van der Waals surface area contributed by atoms with Crippen LogP contribution >= 0.6 is 0 Å². The molecule has 3 nitrogen and oxygen atoms in total. The zero-order valence-corrected chi connectivity index (χ0v) is 11.3. The maximum Gasteiger partial charge on any atom is 0.416 e. The van der Waals surface area contributed by atoms with Gasteiger partial charge in [-0.3, -0.25) is 4.98 Å². The Balaban J connectivity index is 2.30. The van der Waals surface area contributed by atoms with Crippen molar-refractivity contribution in [2.45, 2.75) is 6.18 Å². The minimum absolute atomic E-state index is 0.235. The fourth-order valence-electron chi connectivity index (χ4n) is 1.84. The lowest BCUT2D eigenvalue weighted by Gasteiger charge is -2.14. The number of hydrogen-bond donors (Lipinski definition) is 1. The molecule has 0 aliphatic rings. The summed E-state index contributed by atoms with van der Waals surface area (Å²) in [4.78, 5) is 3.91. The van der Waals surface area contributed by atoms with Gasteiger partial charge in [0.05, 0.1) is 16.9 Å². The summed E-state index contributed by atoms with van der Waals surface area (Å²) in [5, 5.41) is 1.44. The maximum absolute atomic E-state index is 12.6. The van der Waals surface area contributed by atoms with Crippen molar-refractivity contribution in [3.8, 4) is 0 Å². The summed E-state index contributed by atoms with van der Waals surface area (Å²) < 4.78 is 37.9. The van der Waals surface area contributed by atoms with Crippen molar-refractivity contribution < 1.29 is 13.2 Å². The van der Waals surface area contributed by atoms with Crippen LogP contribution in [0.1, 0.15) is 16.8 Å². The van der Waals surface area contributed by atoms with Crippen molar-refractivity contribution >= 4 is 17.8 Å². The van der Waals surface area contributed by atoms with Crippen LogP contribution in [0.2, 0.25) is 0 Å². The van der Waals surface area contributed by atoms with Crippen LogP contribution in [0.5, 0.6) is 0 Å². The molecule has 1 heterocycles. The molecule has 0 bridgehead atoms. The van der Waals surface area contributed by atoms with Crippen LogP contribution in [-0.2, 0) is 6.18 Å². The molecule has 0 aliphatic heterocycles. The zero-order chi connectivity index (χ0) is 15.5. The average molecular weight is 293 g/mol. The molecule has 0 saturated carbocycles. The quantitative estimate of drug-likeness (QED) is 0.694. The van der Waals surface area contributed by atoms with Gasteiger partial charge in [-0.05, 0) is 29.8 Å². The zero-order valence-electron chi connectivity index (χ0n) is 11.3. The van der Waals surface area contributed by atoms with Gasteiger partial charge in [-0.2, -0.15) is 13.2 Å². The molecule has 0 spiro atoms. The van der Waals surface area contributed by atoms with Crippen LogP contribution in [0, 0.1) is 0 Å². The van der Waals surface area contributed by atoms with Gasteiger partial charge in [-0.1, -0.05) is 24.3 Å². The molecule has 6 heteroatoms. The summed E-state index contributed by atoms with van der Waals surface area (Å²) >= 11 is 0. The lowest BCUT2D eigenvalue weighted by Crippen LogP contribution is -2.25. The molecular formula is C15H14F3N3. The second kappa shape index (κ2) is 5.97. The largest absolute Gasteiger partial charge is 0.416 e. The number of pyridine rings is 1. The van der Waals surface area contributed by atoms with Crippen LogP contribution in [0.3, 0.4) is 0 Å². The number of benzene rings is 1. The van der Waals surface area contributed by atoms with Gasteiger partial charge in [0.1, 0.15) is 0 Å². The first-order valence-corrected chi connectivity index (χ1v) is 6.17. The molecule has 0 atom stereocenters. The van der Waals surface area contributed by atoms with Crippen molar-refractivity contribution in [2.24, 2.45) is 5.84 Å². The molecule has 1 aromatic carbocycles. The number of hydrogen-bond acceptors (Lipinski definition) is 3. The molecule has 2 aromatic rings. The fourth-order valence-corrected chi connectivity index (χ4v) is 1.84. The first-order chi connectivity index (χ1) is 9.88. The number of para-hydroxylation sites is 1. The number of halogens is 3. The summed E-state index contributed by atoms with van der Waals surface area (Å²) in [6.45, 7) is 0. The third-order valence-corrected chi connectivity index (χ3v) is 2.86. The molecular weight excluding hydrogens is 279 g/mol. The summed E-state index contributed by atoms with van der Waals surface area (Å²) in [6, 6.07) is 9.25. The molecule has 0 amide bonds. The summed E-state index contributed by atoms with van der Waals surface area (Å²) in [5.74, 6) is 5.70. The number of nitrogens with two attached hydrogens (primary N) is 1. The summed E-state index contributed by atoms with van der Waals surface area (Å²) in [7, 11) is 1.69.